The van der Waals surface area contributed by atoms with Crippen LogP contribution in [-0.2, 0) is 39.9 Å². The molecule has 6 aromatic carbocycles. The van der Waals surface area contributed by atoms with Crippen molar-refractivity contribution in [1.82, 2.24) is 0 Å². The first-order valence-corrected chi connectivity index (χ1v) is 24.1. The van der Waals surface area contributed by atoms with Gasteiger partial charge in [-0.2, -0.15) is 0 Å². The molecule has 0 bridgehead atoms. The average molecular weight is 845 g/mol. The molecular weight excluding hydrogens is 771 g/mol. The molecule has 0 atom stereocenters. The van der Waals surface area contributed by atoms with Gasteiger partial charge in [-0.05, 0) is 155 Å². The molecule has 6 aromatic rings. The molecule has 0 saturated heterocycles. The second kappa shape index (κ2) is 14.5. The normalized spacial score (nSPS) is 15.8. The SMILES string of the molecule is CC1(C)Cc2cc3c(cc2C1)N(c1ccc(C(C)(C)C)cc1-c1cccc(C(C)(C)C)c1)c1cc(C(C)(C)C)cc2c1B3c1cc(C(C)(C)C)ccc1N2c1ccc(C(C)(C)C)cc1. The molecule has 2 aliphatic heterocycles. The summed E-state index contributed by atoms with van der Waals surface area (Å²) >= 11 is 0. The van der Waals surface area contributed by atoms with Gasteiger partial charge in [0.25, 0.3) is 6.71 Å². The number of hydrogen-bond acceptors (Lipinski definition) is 2. The Bertz CT molecular complexity index is 2820. The first kappa shape index (κ1) is 44.2. The summed E-state index contributed by atoms with van der Waals surface area (Å²) in [4.78, 5) is 5.31. The second-order valence-electron chi connectivity index (χ2n) is 25.6. The summed E-state index contributed by atoms with van der Waals surface area (Å²) in [6.07, 6.45) is 2.18. The Hall–Kier alpha value is -5.02. The Kier molecular flexibility index (Phi) is 10.0. The molecule has 2 heterocycles. The fourth-order valence-corrected chi connectivity index (χ4v) is 10.7. The van der Waals surface area contributed by atoms with E-state index in [-0.39, 0.29) is 39.2 Å². The molecule has 0 saturated carbocycles. The summed E-state index contributed by atoms with van der Waals surface area (Å²) in [6.45, 7) is 40.1. The number of fused-ring (bicyclic) bond motifs is 5. The maximum atomic E-state index is 2.70. The Labute approximate surface area is 387 Å². The molecule has 64 heavy (non-hydrogen) atoms. The lowest BCUT2D eigenvalue weighted by Crippen LogP contribution is -2.61. The first-order chi connectivity index (χ1) is 29.6. The van der Waals surface area contributed by atoms with E-state index in [4.69, 9.17) is 0 Å². The van der Waals surface area contributed by atoms with Gasteiger partial charge in [-0.15, -0.1) is 0 Å². The van der Waals surface area contributed by atoms with Crippen LogP contribution in [0.5, 0.6) is 0 Å². The lowest BCUT2D eigenvalue weighted by molar-refractivity contribution is 0.392. The van der Waals surface area contributed by atoms with Crippen molar-refractivity contribution >= 4 is 57.2 Å². The fraction of sp³-hybridized carbons (Fsp3) is 0.410. The van der Waals surface area contributed by atoms with Gasteiger partial charge >= 0.3 is 0 Å². The third kappa shape index (κ3) is 7.63. The van der Waals surface area contributed by atoms with Crippen molar-refractivity contribution in [1.29, 1.82) is 0 Å². The number of hydrogen-bond donors (Lipinski definition) is 0. The van der Waals surface area contributed by atoms with Gasteiger partial charge in [0.05, 0.1) is 5.69 Å². The van der Waals surface area contributed by atoms with E-state index in [0.717, 1.165) is 12.8 Å². The summed E-state index contributed by atoms with van der Waals surface area (Å²) in [5.74, 6) is 0. The van der Waals surface area contributed by atoms with Crippen LogP contribution in [0.25, 0.3) is 11.1 Å². The lowest BCUT2D eigenvalue weighted by atomic mass is 9.33. The molecule has 3 heteroatoms. The maximum absolute atomic E-state index is 2.70. The van der Waals surface area contributed by atoms with Crippen LogP contribution in [0.3, 0.4) is 0 Å². The summed E-state index contributed by atoms with van der Waals surface area (Å²) in [5, 5.41) is 0. The van der Waals surface area contributed by atoms with Crippen LogP contribution in [0.1, 0.15) is 157 Å². The van der Waals surface area contributed by atoms with Gasteiger partial charge in [-0.1, -0.05) is 178 Å². The molecule has 0 unspecified atom stereocenters. The van der Waals surface area contributed by atoms with Crippen LogP contribution in [0, 0.1) is 5.41 Å². The highest BCUT2D eigenvalue weighted by atomic mass is 15.2. The Balaban J connectivity index is 1.43. The molecule has 1 aliphatic carbocycles. The van der Waals surface area contributed by atoms with Crippen molar-refractivity contribution in [2.24, 2.45) is 5.41 Å². The number of benzene rings is 6. The summed E-state index contributed by atoms with van der Waals surface area (Å²) in [7, 11) is 0. The van der Waals surface area contributed by atoms with Crippen molar-refractivity contribution in [3.63, 3.8) is 0 Å². The van der Waals surface area contributed by atoms with E-state index in [2.05, 4.69) is 237 Å². The zero-order valence-electron chi connectivity index (χ0n) is 42.3. The predicted molar refractivity (Wildman–Crippen MR) is 281 cm³/mol. The molecule has 0 amide bonds. The smallest absolute Gasteiger partial charge is 0.252 e. The van der Waals surface area contributed by atoms with Crippen molar-refractivity contribution < 1.29 is 0 Å². The summed E-state index contributed by atoms with van der Waals surface area (Å²) in [6, 6.07) is 44.0. The van der Waals surface area contributed by atoms with Crippen LogP contribution in [0.15, 0.2) is 109 Å². The van der Waals surface area contributed by atoms with Crippen LogP contribution in [0.4, 0.5) is 34.1 Å². The minimum absolute atomic E-state index is 0.00972. The van der Waals surface area contributed by atoms with Crippen LogP contribution in [-0.4, -0.2) is 6.71 Å². The number of nitrogens with zero attached hydrogens (tertiary/aromatic N) is 2. The van der Waals surface area contributed by atoms with Crippen LogP contribution >= 0.6 is 0 Å². The van der Waals surface area contributed by atoms with E-state index in [1.807, 2.05) is 0 Å². The summed E-state index contributed by atoms with van der Waals surface area (Å²) in [5.41, 5.74) is 24.3. The third-order valence-corrected chi connectivity index (χ3v) is 14.6. The Morgan fingerprint density at radius 3 is 1.47 bits per heavy atom. The molecule has 0 radical (unpaired) electrons. The lowest BCUT2D eigenvalue weighted by Gasteiger charge is -2.46. The quantitative estimate of drug-likeness (QED) is 0.164. The predicted octanol–water partition coefficient (Wildman–Crippen LogP) is 15.0. The Morgan fingerprint density at radius 1 is 0.406 bits per heavy atom. The van der Waals surface area contributed by atoms with Gasteiger partial charge in [0.2, 0.25) is 0 Å². The third-order valence-electron chi connectivity index (χ3n) is 14.6. The maximum Gasteiger partial charge on any atom is 0.252 e. The Morgan fingerprint density at radius 2 is 0.891 bits per heavy atom. The zero-order chi connectivity index (χ0) is 46.3. The second-order valence-corrected chi connectivity index (χ2v) is 25.6. The molecule has 0 N–H and O–H groups in total. The van der Waals surface area contributed by atoms with Gasteiger partial charge in [0.15, 0.2) is 0 Å². The standard InChI is InChI=1S/C61H73BN2/c1-56(2,3)41-21-25-46(26-22-41)63-51-28-24-44(59(10,11)12)33-49(51)62-48-30-39-36-61(16,17)37-40(39)31-52(48)64(54-35-45(60(13,14)15)34-53(63)55(54)62)50-27-23-43(58(7,8)9)32-47(50)38-19-18-20-42(29-38)57(4,5)6/h18-35H,36-37H2,1-17H3. The van der Waals surface area contributed by atoms with E-state index in [0.29, 0.717) is 0 Å². The van der Waals surface area contributed by atoms with Gasteiger partial charge in [-0.3, -0.25) is 0 Å². The monoisotopic (exact) mass is 845 g/mol. The highest BCUT2D eigenvalue weighted by molar-refractivity contribution is 7.00. The molecule has 0 fully saturated rings. The van der Waals surface area contributed by atoms with Gasteiger partial charge in [0, 0.05) is 34.0 Å². The van der Waals surface area contributed by atoms with Gasteiger partial charge < -0.3 is 9.80 Å². The van der Waals surface area contributed by atoms with Gasteiger partial charge in [0.1, 0.15) is 0 Å². The highest BCUT2D eigenvalue weighted by Gasteiger charge is 2.46. The molecule has 0 spiro atoms. The molecule has 2 nitrogen and oxygen atoms in total. The van der Waals surface area contributed by atoms with E-state index >= 15 is 0 Å². The fourth-order valence-electron chi connectivity index (χ4n) is 10.7. The minimum Gasteiger partial charge on any atom is -0.311 e. The average Bonchev–Trinajstić information content (AvgIpc) is 3.50. The zero-order valence-corrected chi connectivity index (χ0v) is 42.3. The highest BCUT2D eigenvalue weighted by Crippen LogP contribution is 2.51. The van der Waals surface area contributed by atoms with Crippen molar-refractivity contribution in [3.05, 3.63) is 148 Å². The van der Waals surface area contributed by atoms with E-state index < -0.39 is 0 Å². The molecule has 9 rings (SSSR count). The first-order valence-electron chi connectivity index (χ1n) is 24.1. The summed E-state index contributed by atoms with van der Waals surface area (Å²) < 4.78 is 0. The molecule has 3 aliphatic rings. The number of rotatable bonds is 3. The van der Waals surface area contributed by atoms with E-state index in [9.17, 15) is 0 Å². The van der Waals surface area contributed by atoms with Crippen molar-refractivity contribution in [2.75, 3.05) is 9.80 Å². The molecule has 0 aromatic heterocycles. The minimum atomic E-state index is -0.104. The molecular formula is C61H73BN2. The van der Waals surface area contributed by atoms with Crippen molar-refractivity contribution in [3.8, 4) is 11.1 Å². The van der Waals surface area contributed by atoms with E-state index in [1.165, 1.54) is 101 Å². The molecule has 330 valence electrons. The van der Waals surface area contributed by atoms with Crippen LogP contribution < -0.4 is 26.2 Å². The number of anilines is 6. The van der Waals surface area contributed by atoms with E-state index in [1.54, 1.807) is 0 Å². The van der Waals surface area contributed by atoms with Crippen molar-refractivity contribution in [2.45, 2.75) is 158 Å². The van der Waals surface area contributed by atoms with Gasteiger partial charge in [-0.25, -0.2) is 0 Å². The topological polar surface area (TPSA) is 6.48 Å². The largest absolute Gasteiger partial charge is 0.311 e. The van der Waals surface area contributed by atoms with Crippen LogP contribution in [0.2, 0.25) is 0 Å².